The Kier molecular flexibility index (Phi) is 5.00. The maximum Gasteiger partial charge on any atom is 0.136 e. The third-order valence-electron chi connectivity index (χ3n) is 2.92. The molecule has 0 heterocycles. The van der Waals surface area contributed by atoms with Crippen LogP contribution < -0.4 is 4.74 Å². The zero-order chi connectivity index (χ0) is 13.7. The van der Waals surface area contributed by atoms with E-state index in [1.807, 2.05) is 43.3 Å². The predicted molar refractivity (Wildman–Crippen MR) is 80.4 cm³/mol. The first kappa shape index (κ1) is 14.1. The van der Waals surface area contributed by atoms with Crippen LogP contribution >= 0.6 is 15.9 Å². The Hall–Kier alpha value is -1.32. The molecule has 0 aliphatic rings. The first-order chi connectivity index (χ1) is 9.20. The van der Waals surface area contributed by atoms with Crippen molar-refractivity contribution < 1.29 is 9.84 Å². The van der Waals surface area contributed by atoms with Gasteiger partial charge in [0.05, 0.1) is 4.47 Å². The Morgan fingerprint density at radius 3 is 2.47 bits per heavy atom. The highest BCUT2D eigenvalue weighted by molar-refractivity contribution is 9.10. The first-order valence-corrected chi connectivity index (χ1v) is 7.06. The minimum Gasteiger partial charge on any atom is -0.487 e. The fourth-order valence-corrected chi connectivity index (χ4v) is 2.71. The molecule has 0 radical (unpaired) electrons. The Morgan fingerprint density at radius 1 is 1.11 bits per heavy atom. The molecule has 0 aliphatic carbocycles. The minimum absolute atomic E-state index is 0.163. The van der Waals surface area contributed by atoms with Crippen molar-refractivity contribution in [2.75, 3.05) is 6.61 Å². The molecule has 19 heavy (non-hydrogen) atoms. The van der Waals surface area contributed by atoms with Gasteiger partial charge < -0.3 is 9.84 Å². The summed E-state index contributed by atoms with van der Waals surface area (Å²) < 4.78 is 6.81. The number of hydrogen-bond donors (Lipinski definition) is 1. The van der Waals surface area contributed by atoms with E-state index < -0.39 is 0 Å². The SMILES string of the molecule is Cc1cc(CCO)cc(Br)c1OCc1ccccc1. The van der Waals surface area contributed by atoms with Crippen LogP contribution in [0.25, 0.3) is 0 Å². The molecular formula is C16H17BrO2. The van der Waals surface area contributed by atoms with Gasteiger partial charge >= 0.3 is 0 Å². The third-order valence-corrected chi connectivity index (χ3v) is 3.50. The lowest BCUT2D eigenvalue weighted by Crippen LogP contribution is -1.99. The number of aliphatic hydroxyl groups excluding tert-OH is 1. The van der Waals surface area contributed by atoms with Crippen LogP contribution in [0, 0.1) is 6.92 Å². The van der Waals surface area contributed by atoms with E-state index in [-0.39, 0.29) is 6.61 Å². The summed E-state index contributed by atoms with van der Waals surface area (Å²) in [6.45, 7) is 2.74. The molecule has 2 aromatic rings. The molecule has 0 saturated heterocycles. The molecule has 0 atom stereocenters. The van der Waals surface area contributed by atoms with Gasteiger partial charge in [0, 0.05) is 6.61 Å². The second-order valence-corrected chi connectivity index (χ2v) is 5.33. The molecule has 2 rings (SSSR count). The fourth-order valence-electron chi connectivity index (χ4n) is 1.99. The topological polar surface area (TPSA) is 29.5 Å². The van der Waals surface area contributed by atoms with Crippen molar-refractivity contribution in [3.63, 3.8) is 0 Å². The summed E-state index contributed by atoms with van der Waals surface area (Å²) in [7, 11) is 0. The molecule has 0 amide bonds. The van der Waals surface area contributed by atoms with Crippen LogP contribution in [-0.2, 0) is 13.0 Å². The van der Waals surface area contributed by atoms with E-state index in [0.29, 0.717) is 13.0 Å². The van der Waals surface area contributed by atoms with Gasteiger partial charge in [0.25, 0.3) is 0 Å². The lowest BCUT2D eigenvalue weighted by atomic mass is 10.1. The van der Waals surface area contributed by atoms with Gasteiger partial charge in [-0.2, -0.15) is 0 Å². The van der Waals surface area contributed by atoms with E-state index in [0.717, 1.165) is 26.9 Å². The van der Waals surface area contributed by atoms with Crippen LogP contribution in [0.15, 0.2) is 46.9 Å². The molecule has 0 aromatic heterocycles. The van der Waals surface area contributed by atoms with E-state index in [1.54, 1.807) is 0 Å². The molecule has 0 fully saturated rings. The van der Waals surface area contributed by atoms with Gasteiger partial charge in [0.2, 0.25) is 0 Å². The summed E-state index contributed by atoms with van der Waals surface area (Å²) in [5.41, 5.74) is 3.33. The van der Waals surface area contributed by atoms with Gasteiger partial charge in [-0.3, -0.25) is 0 Å². The van der Waals surface area contributed by atoms with Crippen molar-refractivity contribution in [1.82, 2.24) is 0 Å². The molecular weight excluding hydrogens is 304 g/mol. The lowest BCUT2D eigenvalue weighted by molar-refractivity contribution is 0.297. The normalized spacial score (nSPS) is 10.5. The van der Waals surface area contributed by atoms with Crippen LogP contribution in [0.2, 0.25) is 0 Å². The number of ether oxygens (including phenoxy) is 1. The zero-order valence-electron chi connectivity index (χ0n) is 10.9. The number of hydrogen-bond acceptors (Lipinski definition) is 2. The molecule has 0 bridgehead atoms. The van der Waals surface area contributed by atoms with Crippen LogP contribution in [0.5, 0.6) is 5.75 Å². The van der Waals surface area contributed by atoms with Crippen molar-refractivity contribution in [1.29, 1.82) is 0 Å². The van der Waals surface area contributed by atoms with Crippen LogP contribution in [0.3, 0.4) is 0 Å². The number of halogens is 1. The second-order valence-electron chi connectivity index (χ2n) is 4.47. The summed E-state index contributed by atoms with van der Waals surface area (Å²) in [6, 6.07) is 14.2. The summed E-state index contributed by atoms with van der Waals surface area (Å²) in [4.78, 5) is 0. The van der Waals surface area contributed by atoms with Gasteiger partial charge in [-0.05, 0) is 52.0 Å². The number of benzene rings is 2. The highest BCUT2D eigenvalue weighted by atomic mass is 79.9. The van der Waals surface area contributed by atoms with Gasteiger partial charge in [-0.15, -0.1) is 0 Å². The summed E-state index contributed by atoms with van der Waals surface area (Å²) in [5, 5.41) is 8.98. The van der Waals surface area contributed by atoms with E-state index in [9.17, 15) is 0 Å². The van der Waals surface area contributed by atoms with Crippen LogP contribution in [0.1, 0.15) is 16.7 Å². The molecule has 0 spiro atoms. The molecule has 1 N–H and O–H groups in total. The molecule has 0 unspecified atom stereocenters. The van der Waals surface area contributed by atoms with Crippen molar-refractivity contribution in [2.24, 2.45) is 0 Å². The summed E-state index contributed by atoms with van der Waals surface area (Å²) >= 11 is 3.53. The van der Waals surface area contributed by atoms with Crippen LogP contribution in [0.4, 0.5) is 0 Å². The molecule has 3 heteroatoms. The highest BCUT2D eigenvalue weighted by Crippen LogP contribution is 2.31. The fraction of sp³-hybridized carbons (Fsp3) is 0.250. The average molecular weight is 321 g/mol. The number of rotatable bonds is 5. The van der Waals surface area contributed by atoms with Crippen LogP contribution in [-0.4, -0.2) is 11.7 Å². The highest BCUT2D eigenvalue weighted by Gasteiger charge is 2.08. The largest absolute Gasteiger partial charge is 0.487 e. The van der Waals surface area contributed by atoms with Crippen molar-refractivity contribution >= 4 is 15.9 Å². The smallest absolute Gasteiger partial charge is 0.136 e. The van der Waals surface area contributed by atoms with E-state index >= 15 is 0 Å². The lowest BCUT2D eigenvalue weighted by Gasteiger charge is -2.13. The van der Waals surface area contributed by atoms with Gasteiger partial charge in [-0.1, -0.05) is 36.4 Å². The monoisotopic (exact) mass is 320 g/mol. The quantitative estimate of drug-likeness (QED) is 0.906. The van der Waals surface area contributed by atoms with Gasteiger partial charge in [0.15, 0.2) is 0 Å². The Labute approximate surface area is 122 Å². The number of aliphatic hydroxyl groups is 1. The zero-order valence-corrected chi connectivity index (χ0v) is 12.5. The number of aryl methyl sites for hydroxylation is 1. The maximum absolute atomic E-state index is 8.98. The molecule has 2 aromatic carbocycles. The van der Waals surface area contributed by atoms with Gasteiger partial charge in [0.1, 0.15) is 12.4 Å². The molecule has 0 saturated carbocycles. The van der Waals surface area contributed by atoms with Gasteiger partial charge in [-0.25, -0.2) is 0 Å². The van der Waals surface area contributed by atoms with Crippen molar-refractivity contribution in [3.05, 3.63) is 63.6 Å². The third kappa shape index (κ3) is 3.82. The maximum atomic E-state index is 8.98. The summed E-state index contributed by atoms with van der Waals surface area (Å²) in [6.07, 6.45) is 0.665. The predicted octanol–water partition coefficient (Wildman–Crippen LogP) is 3.87. The molecule has 0 aliphatic heterocycles. The van der Waals surface area contributed by atoms with E-state index in [1.165, 1.54) is 0 Å². The van der Waals surface area contributed by atoms with Crippen molar-refractivity contribution in [3.8, 4) is 5.75 Å². The Morgan fingerprint density at radius 2 is 1.84 bits per heavy atom. The minimum atomic E-state index is 0.163. The summed E-state index contributed by atoms with van der Waals surface area (Å²) in [5.74, 6) is 0.866. The van der Waals surface area contributed by atoms with E-state index in [4.69, 9.17) is 9.84 Å². The van der Waals surface area contributed by atoms with E-state index in [2.05, 4.69) is 22.0 Å². The second kappa shape index (κ2) is 6.73. The Bertz CT molecular complexity index is 515. The van der Waals surface area contributed by atoms with Crippen molar-refractivity contribution in [2.45, 2.75) is 20.0 Å². The Balaban J connectivity index is 2.12. The molecule has 2 nitrogen and oxygen atoms in total. The first-order valence-electron chi connectivity index (χ1n) is 6.27. The molecule has 100 valence electrons. The average Bonchev–Trinajstić information content (AvgIpc) is 2.39. The standard InChI is InChI=1S/C16H17BrO2/c1-12-9-14(7-8-18)10-15(17)16(12)19-11-13-5-3-2-4-6-13/h2-6,9-10,18H,7-8,11H2,1H3.